The number of benzene rings is 3. The van der Waals surface area contributed by atoms with Crippen molar-refractivity contribution >= 4 is 12.6 Å². The smallest absolute Gasteiger partial charge is 0.167 e. The minimum absolute atomic E-state index is 0.140. The lowest BCUT2D eigenvalue weighted by molar-refractivity contribution is 0.111. The van der Waals surface area contributed by atoms with Crippen molar-refractivity contribution in [1.29, 1.82) is 0 Å². The number of methoxy groups -OCH3 is 1. The first kappa shape index (κ1) is 19.9. The number of aromatic nitrogens is 3. The van der Waals surface area contributed by atoms with Crippen LogP contribution in [-0.2, 0) is 0 Å². The lowest BCUT2D eigenvalue weighted by atomic mass is 10.1. The summed E-state index contributed by atoms with van der Waals surface area (Å²) in [6.45, 7) is 0. The molecular formula is C24H17N3O4. The summed E-state index contributed by atoms with van der Waals surface area (Å²) in [6, 6.07) is 18.8. The average molecular weight is 411 g/mol. The van der Waals surface area contributed by atoms with Gasteiger partial charge in [-0.25, -0.2) is 15.0 Å². The third-order valence-electron chi connectivity index (χ3n) is 4.72. The highest BCUT2D eigenvalue weighted by molar-refractivity contribution is 5.85. The Morgan fingerprint density at radius 2 is 1.32 bits per heavy atom. The van der Waals surface area contributed by atoms with Gasteiger partial charge in [-0.05, 0) is 36.4 Å². The molecule has 152 valence electrons. The molecule has 0 radical (unpaired) electrons. The summed E-state index contributed by atoms with van der Waals surface area (Å²) in [5, 5.41) is 10.5. The van der Waals surface area contributed by atoms with E-state index < -0.39 is 0 Å². The van der Waals surface area contributed by atoms with E-state index in [-0.39, 0.29) is 17.1 Å². The van der Waals surface area contributed by atoms with Gasteiger partial charge in [0.15, 0.2) is 23.8 Å². The zero-order valence-electron chi connectivity index (χ0n) is 16.5. The molecule has 0 amide bonds. The quantitative estimate of drug-likeness (QED) is 0.474. The molecule has 0 atom stereocenters. The van der Waals surface area contributed by atoms with Gasteiger partial charge in [0.05, 0.1) is 18.2 Å². The molecule has 0 saturated carbocycles. The molecule has 0 fully saturated rings. The Balaban J connectivity index is 1.91. The molecular weight excluding hydrogens is 394 g/mol. The molecule has 0 aliphatic rings. The molecule has 0 aliphatic carbocycles. The van der Waals surface area contributed by atoms with Gasteiger partial charge in [-0.1, -0.05) is 30.3 Å². The molecule has 1 heterocycles. The van der Waals surface area contributed by atoms with E-state index in [1.165, 1.54) is 6.07 Å². The summed E-state index contributed by atoms with van der Waals surface area (Å²) in [5.74, 6) is 1.46. The molecule has 1 N–H and O–H groups in total. The van der Waals surface area contributed by atoms with E-state index in [2.05, 4.69) is 15.0 Å². The molecule has 31 heavy (non-hydrogen) atoms. The molecule has 7 nitrogen and oxygen atoms in total. The van der Waals surface area contributed by atoms with Crippen LogP contribution in [0.3, 0.4) is 0 Å². The van der Waals surface area contributed by atoms with E-state index in [1.54, 1.807) is 55.6 Å². The van der Waals surface area contributed by atoms with Crippen molar-refractivity contribution in [3.05, 3.63) is 77.9 Å². The first-order chi connectivity index (χ1) is 15.1. The topological polar surface area (TPSA) is 102 Å². The van der Waals surface area contributed by atoms with Crippen LogP contribution in [0.5, 0.6) is 11.5 Å². The predicted octanol–water partition coefficient (Wildman–Crippen LogP) is 4.21. The Morgan fingerprint density at radius 3 is 1.87 bits per heavy atom. The van der Waals surface area contributed by atoms with Crippen LogP contribution in [0.2, 0.25) is 0 Å². The third kappa shape index (κ3) is 4.02. The van der Waals surface area contributed by atoms with Gasteiger partial charge in [0.2, 0.25) is 0 Å². The van der Waals surface area contributed by atoms with Crippen LogP contribution in [0, 0.1) is 0 Å². The Bertz CT molecular complexity index is 1250. The summed E-state index contributed by atoms with van der Waals surface area (Å²) in [7, 11) is 1.58. The van der Waals surface area contributed by atoms with Crippen LogP contribution in [0.25, 0.3) is 34.2 Å². The number of nitrogens with zero attached hydrogens (tertiary/aromatic N) is 3. The maximum absolute atomic E-state index is 11.3. The Hall–Kier alpha value is -4.39. The summed E-state index contributed by atoms with van der Waals surface area (Å²) >= 11 is 0. The van der Waals surface area contributed by atoms with Crippen LogP contribution in [0.15, 0.2) is 66.7 Å². The van der Waals surface area contributed by atoms with E-state index >= 15 is 0 Å². The number of phenolic OH excluding ortho intramolecular Hbond substituents is 1. The van der Waals surface area contributed by atoms with Gasteiger partial charge in [-0.2, -0.15) is 0 Å². The predicted molar refractivity (Wildman–Crippen MR) is 115 cm³/mol. The van der Waals surface area contributed by atoms with Gasteiger partial charge in [0, 0.05) is 16.7 Å². The van der Waals surface area contributed by atoms with Crippen LogP contribution in [0.4, 0.5) is 0 Å². The average Bonchev–Trinajstić information content (AvgIpc) is 2.84. The number of ether oxygens (including phenoxy) is 1. The maximum Gasteiger partial charge on any atom is 0.167 e. The van der Waals surface area contributed by atoms with Gasteiger partial charge in [0.1, 0.15) is 17.8 Å². The fourth-order valence-corrected chi connectivity index (χ4v) is 3.04. The molecule has 7 heteroatoms. The molecule has 1 aromatic heterocycles. The lowest BCUT2D eigenvalue weighted by Gasteiger charge is -2.10. The Morgan fingerprint density at radius 1 is 0.742 bits per heavy atom. The van der Waals surface area contributed by atoms with Gasteiger partial charge in [-0.15, -0.1) is 0 Å². The van der Waals surface area contributed by atoms with Gasteiger partial charge < -0.3 is 9.84 Å². The second-order valence-electron chi connectivity index (χ2n) is 6.64. The van der Waals surface area contributed by atoms with Crippen LogP contribution < -0.4 is 4.74 Å². The monoisotopic (exact) mass is 411 g/mol. The number of phenols is 1. The van der Waals surface area contributed by atoms with E-state index in [0.717, 1.165) is 11.8 Å². The van der Waals surface area contributed by atoms with Gasteiger partial charge in [0.25, 0.3) is 0 Å². The van der Waals surface area contributed by atoms with Crippen LogP contribution in [-0.4, -0.2) is 39.7 Å². The molecule has 4 rings (SSSR count). The number of carbonyl (C=O) groups excluding carboxylic acids is 2. The van der Waals surface area contributed by atoms with Gasteiger partial charge in [-0.3, -0.25) is 9.59 Å². The van der Waals surface area contributed by atoms with E-state index in [0.29, 0.717) is 40.4 Å². The van der Waals surface area contributed by atoms with Crippen LogP contribution >= 0.6 is 0 Å². The number of aromatic hydroxyl groups is 1. The first-order valence-corrected chi connectivity index (χ1v) is 9.36. The van der Waals surface area contributed by atoms with Crippen molar-refractivity contribution in [2.24, 2.45) is 0 Å². The molecule has 0 saturated heterocycles. The molecule has 0 bridgehead atoms. The van der Waals surface area contributed by atoms with Gasteiger partial charge >= 0.3 is 0 Å². The maximum atomic E-state index is 11.3. The molecule has 3 aromatic carbocycles. The zero-order chi connectivity index (χ0) is 21.8. The number of aldehydes is 2. The van der Waals surface area contributed by atoms with Crippen molar-refractivity contribution in [1.82, 2.24) is 15.0 Å². The minimum Gasteiger partial charge on any atom is -0.506 e. The second kappa shape index (κ2) is 8.54. The number of para-hydroxylation sites is 1. The fraction of sp³-hybridized carbons (Fsp3) is 0.0417. The summed E-state index contributed by atoms with van der Waals surface area (Å²) in [4.78, 5) is 35.9. The minimum atomic E-state index is -0.202. The second-order valence-corrected chi connectivity index (χ2v) is 6.64. The summed E-state index contributed by atoms with van der Waals surface area (Å²) in [6.07, 6.45) is 1.33. The summed E-state index contributed by atoms with van der Waals surface area (Å²) < 4.78 is 5.21. The van der Waals surface area contributed by atoms with E-state index in [1.807, 2.05) is 12.1 Å². The van der Waals surface area contributed by atoms with Crippen molar-refractivity contribution < 1.29 is 19.4 Å². The number of hydrogen-bond donors (Lipinski definition) is 1. The zero-order valence-corrected chi connectivity index (χ0v) is 16.5. The fourth-order valence-electron chi connectivity index (χ4n) is 3.04. The highest BCUT2D eigenvalue weighted by atomic mass is 16.5. The van der Waals surface area contributed by atoms with E-state index in [4.69, 9.17) is 4.74 Å². The standard InChI is InChI=1S/C24H17N3O4/c1-31-19-11-9-17(10-12-19)23-25-22(16-7-5-15(13-28)6-8-16)26-24(27-23)20-4-2-3-18(14-29)21(20)30/h2-14,30H,1H3. The third-order valence-corrected chi connectivity index (χ3v) is 4.72. The van der Waals surface area contributed by atoms with Crippen LogP contribution in [0.1, 0.15) is 20.7 Å². The Labute approximate surface area is 178 Å². The van der Waals surface area contributed by atoms with Crippen molar-refractivity contribution in [2.45, 2.75) is 0 Å². The molecule has 0 spiro atoms. The number of carbonyl (C=O) groups is 2. The van der Waals surface area contributed by atoms with E-state index in [9.17, 15) is 14.7 Å². The molecule has 0 aliphatic heterocycles. The molecule has 0 unspecified atom stereocenters. The lowest BCUT2D eigenvalue weighted by Crippen LogP contribution is -2.01. The largest absolute Gasteiger partial charge is 0.506 e. The first-order valence-electron chi connectivity index (χ1n) is 9.36. The normalized spacial score (nSPS) is 10.5. The number of hydrogen-bond acceptors (Lipinski definition) is 7. The summed E-state index contributed by atoms with van der Waals surface area (Å²) in [5.41, 5.74) is 2.38. The van der Waals surface area contributed by atoms with Crippen molar-refractivity contribution in [3.8, 4) is 45.7 Å². The Kier molecular flexibility index (Phi) is 5.49. The number of rotatable bonds is 6. The van der Waals surface area contributed by atoms with Crippen molar-refractivity contribution in [3.63, 3.8) is 0 Å². The highest BCUT2D eigenvalue weighted by Crippen LogP contribution is 2.32. The van der Waals surface area contributed by atoms with Crippen molar-refractivity contribution in [2.75, 3.05) is 7.11 Å². The molecule has 4 aromatic rings. The SMILES string of the molecule is COc1ccc(-c2nc(-c3ccc(C=O)cc3)nc(-c3cccc(C=O)c3O)n2)cc1. The highest BCUT2D eigenvalue weighted by Gasteiger charge is 2.16.